The van der Waals surface area contributed by atoms with Crippen LogP contribution in [0.4, 0.5) is 0 Å². The van der Waals surface area contributed by atoms with Gasteiger partial charge in [-0.15, -0.1) is 0 Å². The van der Waals surface area contributed by atoms with Crippen LogP contribution in [0.15, 0.2) is 72.8 Å². The number of hydrogen-bond acceptors (Lipinski definition) is 1. The molecule has 1 heteroatoms. The Bertz CT molecular complexity index is 831. The van der Waals surface area contributed by atoms with Crippen molar-refractivity contribution in [3.05, 3.63) is 101 Å². The maximum Gasteiger partial charge on any atom is 0.131 e. The molecule has 3 aromatic rings. The van der Waals surface area contributed by atoms with Crippen LogP contribution in [-0.2, 0) is 6.42 Å². The Balaban J connectivity index is 1.82. The number of benzene rings is 3. The summed E-state index contributed by atoms with van der Waals surface area (Å²) in [6.45, 7) is 4.34. The van der Waals surface area contributed by atoms with Gasteiger partial charge in [0.15, 0.2) is 0 Å². The molecule has 0 N–H and O–H groups in total. The molecule has 120 valence electrons. The number of ether oxygens (including phenoxy) is 1. The Morgan fingerprint density at radius 1 is 0.750 bits per heavy atom. The molecule has 0 unspecified atom stereocenters. The number of fused-ring (bicyclic) bond motifs is 1. The highest BCUT2D eigenvalue weighted by atomic mass is 16.5. The standard InChI is InChI=1S/C23H22O/c1-16-12-17(2)14-20(13-16)21-15-19-10-6-7-11-22(19)24-23(21)18-8-4-3-5-9-18/h3-14,21,23H,15H2,1-2H3/t21-,23-/m1/s1. The predicted molar refractivity (Wildman–Crippen MR) is 98.6 cm³/mol. The largest absolute Gasteiger partial charge is 0.485 e. The molecule has 0 aliphatic carbocycles. The minimum Gasteiger partial charge on any atom is -0.485 e. The van der Waals surface area contributed by atoms with Gasteiger partial charge < -0.3 is 4.74 Å². The monoisotopic (exact) mass is 314 g/mol. The molecule has 3 aromatic carbocycles. The van der Waals surface area contributed by atoms with Crippen molar-refractivity contribution < 1.29 is 4.74 Å². The summed E-state index contributed by atoms with van der Waals surface area (Å²) in [7, 11) is 0. The molecule has 1 nitrogen and oxygen atoms in total. The summed E-state index contributed by atoms with van der Waals surface area (Å²) < 4.78 is 6.46. The molecule has 1 heterocycles. The van der Waals surface area contributed by atoms with Crippen molar-refractivity contribution in [1.29, 1.82) is 0 Å². The van der Waals surface area contributed by atoms with Crippen molar-refractivity contribution in [3.8, 4) is 5.75 Å². The quantitative estimate of drug-likeness (QED) is 0.584. The first-order valence-electron chi connectivity index (χ1n) is 8.58. The Morgan fingerprint density at radius 3 is 2.17 bits per heavy atom. The van der Waals surface area contributed by atoms with Crippen LogP contribution in [0.2, 0.25) is 0 Å². The van der Waals surface area contributed by atoms with E-state index < -0.39 is 0 Å². The molecular formula is C23H22O. The van der Waals surface area contributed by atoms with E-state index in [2.05, 4.69) is 86.6 Å². The lowest BCUT2D eigenvalue weighted by atomic mass is 9.81. The third kappa shape index (κ3) is 2.82. The Kier molecular flexibility index (Phi) is 3.86. The molecule has 0 radical (unpaired) electrons. The van der Waals surface area contributed by atoms with Crippen molar-refractivity contribution in [2.45, 2.75) is 32.3 Å². The molecule has 4 rings (SSSR count). The Morgan fingerprint density at radius 2 is 1.42 bits per heavy atom. The van der Waals surface area contributed by atoms with Gasteiger partial charge in [-0.2, -0.15) is 0 Å². The average Bonchev–Trinajstić information content (AvgIpc) is 2.60. The second-order valence-corrected chi connectivity index (χ2v) is 6.79. The van der Waals surface area contributed by atoms with E-state index in [1.54, 1.807) is 0 Å². The summed E-state index contributed by atoms with van der Waals surface area (Å²) in [4.78, 5) is 0. The van der Waals surface area contributed by atoms with E-state index >= 15 is 0 Å². The number of aryl methyl sites for hydroxylation is 2. The van der Waals surface area contributed by atoms with Crippen molar-refractivity contribution in [1.82, 2.24) is 0 Å². The third-order valence-corrected chi connectivity index (χ3v) is 4.83. The minimum atomic E-state index is 0.0577. The van der Waals surface area contributed by atoms with Gasteiger partial charge in [0.05, 0.1) is 0 Å². The Hall–Kier alpha value is -2.54. The second-order valence-electron chi connectivity index (χ2n) is 6.79. The fourth-order valence-electron chi connectivity index (χ4n) is 3.81. The molecule has 2 atom stereocenters. The molecule has 0 aromatic heterocycles. The fourth-order valence-corrected chi connectivity index (χ4v) is 3.81. The highest BCUT2D eigenvalue weighted by molar-refractivity contribution is 5.42. The summed E-state index contributed by atoms with van der Waals surface area (Å²) >= 11 is 0. The zero-order chi connectivity index (χ0) is 16.5. The number of para-hydroxylation sites is 1. The highest BCUT2D eigenvalue weighted by Crippen LogP contribution is 2.44. The molecule has 1 aliphatic heterocycles. The summed E-state index contributed by atoms with van der Waals surface area (Å²) in [5.41, 5.74) is 6.55. The van der Waals surface area contributed by atoms with Gasteiger partial charge in [0, 0.05) is 5.92 Å². The lowest BCUT2D eigenvalue weighted by molar-refractivity contribution is 0.151. The molecule has 0 bridgehead atoms. The van der Waals surface area contributed by atoms with Gasteiger partial charge >= 0.3 is 0 Å². The van der Waals surface area contributed by atoms with Crippen LogP contribution in [0.5, 0.6) is 5.75 Å². The molecule has 0 saturated carbocycles. The van der Waals surface area contributed by atoms with Crippen LogP contribution >= 0.6 is 0 Å². The van der Waals surface area contributed by atoms with Gasteiger partial charge in [-0.25, -0.2) is 0 Å². The zero-order valence-corrected chi connectivity index (χ0v) is 14.2. The van der Waals surface area contributed by atoms with Crippen molar-refractivity contribution in [3.63, 3.8) is 0 Å². The molecule has 0 spiro atoms. The van der Waals surface area contributed by atoms with Crippen LogP contribution in [0, 0.1) is 13.8 Å². The van der Waals surface area contributed by atoms with E-state index in [1.807, 2.05) is 0 Å². The van der Waals surface area contributed by atoms with E-state index in [-0.39, 0.29) is 6.10 Å². The van der Waals surface area contributed by atoms with E-state index in [4.69, 9.17) is 4.74 Å². The van der Waals surface area contributed by atoms with Crippen molar-refractivity contribution in [2.24, 2.45) is 0 Å². The first kappa shape index (κ1) is 15.0. The second kappa shape index (κ2) is 6.16. The molecule has 0 fully saturated rings. The van der Waals surface area contributed by atoms with Gasteiger partial charge in [-0.3, -0.25) is 0 Å². The normalized spacial score (nSPS) is 19.4. The fraction of sp³-hybridized carbons (Fsp3) is 0.217. The Labute approximate surface area is 143 Å². The van der Waals surface area contributed by atoms with Crippen molar-refractivity contribution >= 4 is 0 Å². The van der Waals surface area contributed by atoms with Crippen LogP contribution in [-0.4, -0.2) is 0 Å². The topological polar surface area (TPSA) is 9.23 Å². The number of rotatable bonds is 2. The molecule has 0 saturated heterocycles. The zero-order valence-electron chi connectivity index (χ0n) is 14.2. The molecule has 1 aliphatic rings. The van der Waals surface area contributed by atoms with Gasteiger partial charge in [-0.05, 0) is 43.0 Å². The molecular weight excluding hydrogens is 292 g/mol. The third-order valence-electron chi connectivity index (χ3n) is 4.83. The van der Waals surface area contributed by atoms with Gasteiger partial charge in [0.2, 0.25) is 0 Å². The first-order valence-corrected chi connectivity index (χ1v) is 8.58. The summed E-state index contributed by atoms with van der Waals surface area (Å²) in [6.07, 6.45) is 1.07. The summed E-state index contributed by atoms with van der Waals surface area (Å²) in [6, 6.07) is 25.9. The van der Waals surface area contributed by atoms with Crippen molar-refractivity contribution in [2.75, 3.05) is 0 Å². The van der Waals surface area contributed by atoms with E-state index in [0.717, 1.165) is 12.2 Å². The summed E-state index contributed by atoms with van der Waals surface area (Å²) in [5.74, 6) is 1.35. The van der Waals surface area contributed by atoms with E-state index in [1.165, 1.54) is 27.8 Å². The van der Waals surface area contributed by atoms with E-state index in [9.17, 15) is 0 Å². The van der Waals surface area contributed by atoms with Crippen LogP contribution in [0.1, 0.15) is 39.8 Å². The molecule has 24 heavy (non-hydrogen) atoms. The first-order chi connectivity index (χ1) is 11.7. The molecule has 0 amide bonds. The van der Waals surface area contributed by atoms with Gasteiger partial charge in [0.1, 0.15) is 11.9 Å². The SMILES string of the molecule is Cc1cc(C)cc([C@H]2Cc3ccccc3O[C@@H]2c2ccccc2)c1. The van der Waals surface area contributed by atoms with E-state index in [0.29, 0.717) is 5.92 Å². The predicted octanol–water partition coefficient (Wildman–Crippen LogP) is 5.76. The number of hydrogen-bond donors (Lipinski definition) is 0. The smallest absolute Gasteiger partial charge is 0.131 e. The minimum absolute atomic E-state index is 0.0577. The highest BCUT2D eigenvalue weighted by Gasteiger charge is 2.32. The maximum atomic E-state index is 6.46. The van der Waals surface area contributed by atoms with Crippen LogP contribution in [0.3, 0.4) is 0 Å². The average molecular weight is 314 g/mol. The lowest BCUT2D eigenvalue weighted by Gasteiger charge is -2.34. The van der Waals surface area contributed by atoms with Crippen LogP contribution < -0.4 is 4.74 Å². The lowest BCUT2D eigenvalue weighted by Crippen LogP contribution is -2.24. The van der Waals surface area contributed by atoms with Crippen LogP contribution in [0.25, 0.3) is 0 Å². The summed E-state index contributed by atoms with van der Waals surface area (Å²) in [5, 5.41) is 0. The van der Waals surface area contributed by atoms with Gasteiger partial charge in [0.25, 0.3) is 0 Å². The maximum absolute atomic E-state index is 6.46. The van der Waals surface area contributed by atoms with Gasteiger partial charge in [-0.1, -0.05) is 77.9 Å².